The highest BCUT2D eigenvalue weighted by Gasteiger charge is 2.28. The van der Waals surface area contributed by atoms with Crippen LogP contribution in [0, 0.1) is 0 Å². The first-order chi connectivity index (χ1) is 7.90. The van der Waals surface area contributed by atoms with Gasteiger partial charge < -0.3 is 4.90 Å². The minimum absolute atomic E-state index is 0.882. The lowest BCUT2D eigenvalue weighted by molar-refractivity contribution is 0.0487. The quantitative estimate of drug-likeness (QED) is 0.583. The smallest absolute Gasteiger partial charge is 0.0223 e. The van der Waals surface area contributed by atoms with Crippen LogP contribution in [0.25, 0.3) is 0 Å². The van der Waals surface area contributed by atoms with Crippen molar-refractivity contribution in [2.45, 2.75) is 44.6 Å². The van der Waals surface area contributed by atoms with Crippen molar-refractivity contribution < 1.29 is 0 Å². The number of hydrogen-bond acceptors (Lipinski definition) is 3. The molecule has 2 aliphatic rings. The monoisotopic (exact) mass is 242 g/mol. The van der Waals surface area contributed by atoms with Crippen LogP contribution in [0.4, 0.5) is 0 Å². The molecule has 2 rings (SSSR count). The summed E-state index contributed by atoms with van der Waals surface area (Å²) in [7, 11) is 0. The summed E-state index contributed by atoms with van der Waals surface area (Å²) in [5.41, 5.74) is 0. The second-order valence-electron chi connectivity index (χ2n) is 5.27. The van der Waals surface area contributed by atoms with Crippen molar-refractivity contribution in [3.8, 4) is 0 Å². The van der Waals surface area contributed by atoms with Gasteiger partial charge in [-0.05, 0) is 44.5 Å². The largest absolute Gasteiger partial charge is 0.301 e. The van der Waals surface area contributed by atoms with E-state index in [0.29, 0.717) is 0 Å². The molecule has 1 atom stereocenters. The predicted octanol–water partition coefficient (Wildman–Crippen LogP) is 2.26. The Morgan fingerprint density at radius 1 is 1.00 bits per heavy atom. The highest BCUT2D eigenvalue weighted by Crippen LogP contribution is 2.21. The predicted molar refractivity (Wildman–Crippen MR) is 73.4 cm³/mol. The second-order valence-corrected chi connectivity index (χ2v) is 5.72. The number of hydrogen-bond donors (Lipinski definition) is 1. The maximum Gasteiger partial charge on any atom is 0.0223 e. The zero-order valence-electron chi connectivity index (χ0n) is 10.4. The molecule has 3 heteroatoms. The minimum atomic E-state index is 0.882. The van der Waals surface area contributed by atoms with Gasteiger partial charge in [-0.1, -0.05) is 12.8 Å². The molecule has 1 unspecified atom stereocenters. The average Bonchev–Trinajstić information content (AvgIpc) is 2.34. The first-order valence-electron chi connectivity index (χ1n) is 6.97. The zero-order chi connectivity index (χ0) is 11.2. The van der Waals surface area contributed by atoms with Gasteiger partial charge in [-0.25, -0.2) is 0 Å². The molecule has 0 spiro atoms. The Balaban J connectivity index is 1.65. The molecule has 16 heavy (non-hydrogen) atoms. The number of unbranched alkanes of at least 4 members (excludes halogenated alkanes) is 2. The van der Waals surface area contributed by atoms with E-state index < -0.39 is 0 Å². The van der Waals surface area contributed by atoms with Crippen molar-refractivity contribution in [3.05, 3.63) is 0 Å². The Morgan fingerprint density at radius 3 is 2.81 bits per heavy atom. The van der Waals surface area contributed by atoms with Crippen molar-refractivity contribution in [1.29, 1.82) is 0 Å². The Bertz CT molecular complexity index is 198. The van der Waals surface area contributed by atoms with Crippen LogP contribution in [0.1, 0.15) is 38.5 Å². The molecular weight excluding hydrogens is 216 g/mol. The van der Waals surface area contributed by atoms with Gasteiger partial charge in [0.2, 0.25) is 0 Å². The van der Waals surface area contributed by atoms with Gasteiger partial charge in [-0.15, -0.1) is 0 Å². The molecule has 94 valence electrons. The summed E-state index contributed by atoms with van der Waals surface area (Å²) in [6.45, 7) is 6.63. The van der Waals surface area contributed by atoms with Gasteiger partial charge in [-0.2, -0.15) is 12.6 Å². The summed E-state index contributed by atoms with van der Waals surface area (Å²) in [5.74, 6) is 1.05. The van der Waals surface area contributed by atoms with Gasteiger partial charge in [0.05, 0.1) is 0 Å². The number of piperazine rings is 1. The first kappa shape index (κ1) is 12.7. The van der Waals surface area contributed by atoms with E-state index in [1.165, 1.54) is 71.2 Å². The Hall–Kier alpha value is 0.270. The lowest BCUT2D eigenvalue weighted by Crippen LogP contribution is -2.54. The molecule has 0 amide bonds. The van der Waals surface area contributed by atoms with Crippen LogP contribution in [-0.4, -0.2) is 54.3 Å². The van der Waals surface area contributed by atoms with Crippen molar-refractivity contribution in [2.75, 3.05) is 38.5 Å². The standard InChI is InChI=1S/C13H26N2S/c16-11-5-1-3-7-14-9-10-15-8-4-2-6-13(15)12-14/h13,16H,1-12H2. The van der Waals surface area contributed by atoms with Crippen LogP contribution in [0.2, 0.25) is 0 Å². The van der Waals surface area contributed by atoms with E-state index in [4.69, 9.17) is 0 Å². The summed E-state index contributed by atoms with van der Waals surface area (Å²) < 4.78 is 0. The van der Waals surface area contributed by atoms with E-state index in [9.17, 15) is 0 Å². The third-order valence-corrected chi connectivity index (χ3v) is 4.37. The Morgan fingerprint density at radius 2 is 1.94 bits per heavy atom. The van der Waals surface area contributed by atoms with Gasteiger partial charge in [0, 0.05) is 25.7 Å². The Labute approximate surface area is 106 Å². The van der Waals surface area contributed by atoms with E-state index in [1.807, 2.05) is 0 Å². The molecule has 0 aromatic rings. The highest BCUT2D eigenvalue weighted by molar-refractivity contribution is 7.80. The molecule has 0 saturated carbocycles. The van der Waals surface area contributed by atoms with Crippen LogP contribution >= 0.6 is 12.6 Å². The summed E-state index contributed by atoms with van der Waals surface area (Å²) >= 11 is 4.26. The zero-order valence-corrected chi connectivity index (χ0v) is 11.3. The third kappa shape index (κ3) is 3.64. The van der Waals surface area contributed by atoms with Crippen LogP contribution in [0.15, 0.2) is 0 Å². The van der Waals surface area contributed by atoms with Crippen LogP contribution in [-0.2, 0) is 0 Å². The number of rotatable bonds is 5. The first-order valence-corrected chi connectivity index (χ1v) is 7.60. The summed E-state index contributed by atoms with van der Waals surface area (Å²) in [5, 5.41) is 0. The van der Waals surface area contributed by atoms with Gasteiger partial charge in [0.1, 0.15) is 0 Å². The topological polar surface area (TPSA) is 6.48 Å². The summed E-state index contributed by atoms with van der Waals surface area (Å²) in [6, 6.07) is 0.882. The molecule has 2 saturated heterocycles. The lowest BCUT2D eigenvalue weighted by Gasteiger charge is -2.44. The fraction of sp³-hybridized carbons (Fsp3) is 1.00. The molecule has 2 nitrogen and oxygen atoms in total. The maximum atomic E-state index is 4.26. The molecule has 2 heterocycles. The fourth-order valence-corrected chi connectivity index (χ4v) is 3.27. The molecule has 2 fully saturated rings. The lowest BCUT2D eigenvalue weighted by atomic mass is 9.99. The number of piperidine rings is 1. The van der Waals surface area contributed by atoms with Crippen LogP contribution in [0.5, 0.6) is 0 Å². The Kier molecular flexibility index (Phi) is 5.46. The second kappa shape index (κ2) is 6.87. The molecule has 0 radical (unpaired) electrons. The molecule has 0 aromatic heterocycles. The number of thiol groups is 1. The van der Waals surface area contributed by atoms with E-state index >= 15 is 0 Å². The molecule has 0 N–H and O–H groups in total. The summed E-state index contributed by atoms with van der Waals surface area (Å²) in [6.07, 6.45) is 8.33. The molecule has 0 bridgehead atoms. The van der Waals surface area contributed by atoms with Crippen molar-refractivity contribution in [2.24, 2.45) is 0 Å². The third-order valence-electron chi connectivity index (χ3n) is 4.05. The minimum Gasteiger partial charge on any atom is -0.301 e. The van der Waals surface area contributed by atoms with Gasteiger partial charge in [-0.3, -0.25) is 4.90 Å². The van der Waals surface area contributed by atoms with Gasteiger partial charge in [0.15, 0.2) is 0 Å². The molecule has 2 aliphatic heterocycles. The van der Waals surface area contributed by atoms with E-state index in [-0.39, 0.29) is 0 Å². The van der Waals surface area contributed by atoms with Crippen molar-refractivity contribution in [1.82, 2.24) is 9.80 Å². The molecule has 0 aliphatic carbocycles. The highest BCUT2D eigenvalue weighted by atomic mass is 32.1. The van der Waals surface area contributed by atoms with Crippen LogP contribution in [0.3, 0.4) is 0 Å². The van der Waals surface area contributed by atoms with Crippen molar-refractivity contribution >= 4 is 12.6 Å². The number of nitrogens with zero attached hydrogens (tertiary/aromatic N) is 2. The van der Waals surface area contributed by atoms with Crippen LogP contribution < -0.4 is 0 Å². The van der Waals surface area contributed by atoms with E-state index in [0.717, 1.165) is 11.8 Å². The van der Waals surface area contributed by atoms with Gasteiger partial charge in [0.25, 0.3) is 0 Å². The maximum absolute atomic E-state index is 4.26. The van der Waals surface area contributed by atoms with Gasteiger partial charge >= 0.3 is 0 Å². The molecular formula is C13H26N2S. The number of fused-ring (bicyclic) bond motifs is 1. The SMILES string of the molecule is SCCCCCN1CCN2CCCCC2C1. The summed E-state index contributed by atoms with van der Waals surface area (Å²) in [4.78, 5) is 5.40. The average molecular weight is 242 g/mol. The van der Waals surface area contributed by atoms with E-state index in [1.54, 1.807) is 0 Å². The normalized spacial score (nSPS) is 27.9. The fourth-order valence-electron chi connectivity index (χ4n) is 3.05. The molecule has 0 aromatic carbocycles. The van der Waals surface area contributed by atoms with E-state index in [2.05, 4.69) is 22.4 Å². The van der Waals surface area contributed by atoms with Crippen molar-refractivity contribution in [3.63, 3.8) is 0 Å².